The predicted octanol–water partition coefficient (Wildman–Crippen LogP) is 1.28. The van der Waals surface area contributed by atoms with Crippen molar-refractivity contribution in [2.75, 3.05) is 26.2 Å². The van der Waals surface area contributed by atoms with Crippen LogP contribution in [0.5, 0.6) is 0 Å². The lowest BCUT2D eigenvalue weighted by Crippen LogP contribution is -2.46. The van der Waals surface area contributed by atoms with Crippen LogP contribution in [0.3, 0.4) is 0 Å². The Morgan fingerprint density at radius 3 is 2.89 bits per heavy atom. The van der Waals surface area contributed by atoms with Crippen LogP contribution in [0.15, 0.2) is 23.9 Å². The van der Waals surface area contributed by atoms with Gasteiger partial charge >= 0.3 is 0 Å². The zero-order chi connectivity index (χ0) is 13.2. The molecule has 2 aliphatic heterocycles. The molecule has 0 bridgehead atoms. The first-order valence-corrected chi connectivity index (χ1v) is 7.47. The van der Waals surface area contributed by atoms with E-state index in [1.54, 1.807) is 0 Å². The SMILES string of the molecule is CC1CN(CCC2C=CC=C3NNCC32)CC(C)O1. The van der Waals surface area contributed by atoms with Crippen molar-refractivity contribution in [3.63, 3.8) is 0 Å². The van der Waals surface area contributed by atoms with Crippen molar-refractivity contribution < 1.29 is 4.74 Å². The number of ether oxygens (including phenoxy) is 1. The van der Waals surface area contributed by atoms with Crippen molar-refractivity contribution in [2.45, 2.75) is 32.5 Å². The van der Waals surface area contributed by atoms with E-state index in [9.17, 15) is 0 Å². The fourth-order valence-corrected chi connectivity index (χ4v) is 3.55. The lowest BCUT2D eigenvalue weighted by atomic mass is 9.84. The van der Waals surface area contributed by atoms with Crippen LogP contribution in [0, 0.1) is 11.8 Å². The number of allylic oxidation sites excluding steroid dienone is 3. The maximum atomic E-state index is 5.79. The van der Waals surface area contributed by atoms with E-state index in [1.807, 2.05) is 0 Å². The maximum Gasteiger partial charge on any atom is 0.0678 e. The molecule has 1 aliphatic carbocycles. The average molecular weight is 263 g/mol. The molecule has 0 radical (unpaired) electrons. The van der Waals surface area contributed by atoms with E-state index in [0.717, 1.165) is 19.6 Å². The molecule has 4 unspecified atom stereocenters. The van der Waals surface area contributed by atoms with Crippen LogP contribution in [0.2, 0.25) is 0 Å². The molecular formula is C15H25N3O. The fourth-order valence-electron chi connectivity index (χ4n) is 3.55. The molecular weight excluding hydrogens is 238 g/mol. The van der Waals surface area contributed by atoms with Gasteiger partial charge in [-0.25, -0.2) is 5.43 Å². The van der Waals surface area contributed by atoms with Gasteiger partial charge in [0.1, 0.15) is 0 Å². The topological polar surface area (TPSA) is 36.5 Å². The summed E-state index contributed by atoms with van der Waals surface area (Å²) >= 11 is 0. The minimum atomic E-state index is 0.371. The van der Waals surface area contributed by atoms with Gasteiger partial charge in [-0.15, -0.1) is 0 Å². The summed E-state index contributed by atoms with van der Waals surface area (Å²) in [7, 11) is 0. The number of hydrogen-bond acceptors (Lipinski definition) is 4. The van der Waals surface area contributed by atoms with Crippen molar-refractivity contribution in [1.29, 1.82) is 0 Å². The summed E-state index contributed by atoms with van der Waals surface area (Å²) in [4.78, 5) is 2.56. The van der Waals surface area contributed by atoms with Crippen LogP contribution in [-0.2, 0) is 4.74 Å². The molecule has 4 atom stereocenters. The smallest absolute Gasteiger partial charge is 0.0678 e. The standard InChI is InChI=1S/C15H25N3O/c1-11-9-18(10-12(2)19-11)7-6-13-4-3-5-15-14(13)8-16-17-15/h3-5,11-14,16-17H,6-10H2,1-2H3. The summed E-state index contributed by atoms with van der Waals surface area (Å²) in [5, 5.41) is 0. The van der Waals surface area contributed by atoms with Gasteiger partial charge in [-0.1, -0.05) is 12.2 Å². The van der Waals surface area contributed by atoms with Crippen molar-refractivity contribution in [2.24, 2.45) is 11.8 Å². The number of rotatable bonds is 3. The number of hydrazine groups is 1. The quantitative estimate of drug-likeness (QED) is 0.804. The van der Waals surface area contributed by atoms with Crippen LogP contribution >= 0.6 is 0 Å². The van der Waals surface area contributed by atoms with E-state index in [1.165, 1.54) is 18.7 Å². The van der Waals surface area contributed by atoms with Gasteiger partial charge in [0.2, 0.25) is 0 Å². The summed E-state index contributed by atoms with van der Waals surface area (Å²) in [6.07, 6.45) is 8.74. The van der Waals surface area contributed by atoms with Gasteiger partial charge in [0, 0.05) is 31.2 Å². The molecule has 0 amide bonds. The average Bonchev–Trinajstić information content (AvgIpc) is 2.83. The van der Waals surface area contributed by atoms with E-state index in [2.05, 4.69) is 47.8 Å². The second-order valence-corrected chi connectivity index (χ2v) is 6.09. The molecule has 3 aliphatic rings. The second-order valence-electron chi connectivity index (χ2n) is 6.09. The summed E-state index contributed by atoms with van der Waals surface area (Å²) in [6, 6.07) is 0. The molecule has 0 saturated carbocycles. The number of fused-ring (bicyclic) bond motifs is 1. The van der Waals surface area contributed by atoms with Gasteiger partial charge in [-0.2, -0.15) is 0 Å². The Morgan fingerprint density at radius 2 is 2.11 bits per heavy atom. The summed E-state index contributed by atoms with van der Waals surface area (Å²) < 4.78 is 5.79. The first kappa shape index (κ1) is 13.2. The molecule has 4 heteroatoms. The van der Waals surface area contributed by atoms with Gasteiger partial charge in [0.05, 0.1) is 12.2 Å². The second kappa shape index (κ2) is 5.65. The van der Waals surface area contributed by atoms with Crippen LogP contribution < -0.4 is 10.9 Å². The van der Waals surface area contributed by atoms with E-state index in [-0.39, 0.29) is 0 Å². The zero-order valence-corrected chi connectivity index (χ0v) is 11.9. The van der Waals surface area contributed by atoms with E-state index in [0.29, 0.717) is 24.0 Å². The van der Waals surface area contributed by atoms with E-state index in [4.69, 9.17) is 4.74 Å². The summed E-state index contributed by atoms with van der Waals surface area (Å²) in [5.74, 6) is 1.30. The maximum absolute atomic E-state index is 5.79. The first-order chi connectivity index (χ1) is 9.22. The van der Waals surface area contributed by atoms with Crippen molar-refractivity contribution in [3.8, 4) is 0 Å². The number of nitrogens with one attached hydrogen (secondary N) is 2. The molecule has 106 valence electrons. The summed E-state index contributed by atoms with van der Waals surface area (Å²) in [6.45, 7) is 8.73. The monoisotopic (exact) mass is 263 g/mol. The molecule has 2 N–H and O–H groups in total. The van der Waals surface area contributed by atoms with Crippen LogP contribution in [-0.4, -0.2) is 43.3 Å². The third-order valence-corrected chi connectivity index (χ3v) is 4.38. The van der Waals surface area contributed by atoms with Gasteiger partial charge in [-0.3, -0.25) is 4.90 Å². The number of nitrogens with zero attached hydrogens (tertiary/aromatic N) is 1. The highest BCUT2D eigenvalue weighted by Crippen LogP contribution is 2.29. The first-order valence-electron chi connectivity index (χ1n) is 7.47. The molecule has 0 aromatic carbocycles. The minimum Gasteiger partial charge on any atom is -0.373 e. The van der Waals surface area contributed by atoms with Gasteiger partial charge in [0.15, 0.2) is 0 Å². The number of morpholine rings is 1. The largest absolute Gasteiger partial charge is 0.373 e. The Morgan fingerprint density at radius 1 is 1.32 bits per heavy atom. The third-order valence-electron chi connectivity index (χ3n) is 4.38. The Kier molecular flexibility index (Phi) is 3.91. The molecule has 2 heterocycles. The van der Waals surface area contributed by atoms with Crippen LogP contribution in [0.1, 0.15) is 20.3 Å². The molecule has 19 heavy (non-hydrogen) atoms. The van der Waals surface area contributed by atoms with Gasteiger partial charge < -0.3 is 10.2 Å². The predicted molar refractivity (Wildman–Crippen MR) is 76.4 cm³/mol. The molecule has 0 spiro atoms. The number of hydrogen-bond donors (Lipinski definition) is 2. The Balaban J connectivity index is 1.52. The van der Waals surface area contributed by atoms with Crippen molar-refractivity contribution >= 4 is 0 Å². The highest BCUT2D eigenvalue weighted by molar-refractivity contribution is 5.24. The van der Waals surface area contributed by atoms with Gasteiger partial charge in [-0.05, 0) is 38.8 Å². The van der Waals surface area contributed by atoms with E-state index < -0.39 is 0 Å². The van der Waals surface area contributed by atoms with Crippen molar-refractivity contribution in [1.82, 2.24) is 15.8 Å². The summed E-state index contributed by atoms with van der Waals surface area (Å²) in [5.41, 5.74) is 7.88. The van der Waals surface area contributed by atoms with Gasteiger partial charge in [0.25, 0.3) is 0 Å². The zero-order valence-electron chi connectivity index (χ0n) is 11.9. The third kappa shape index (κ3) is 3.02. The Bertz CT molecular complexity index is 370. The molecule has 0 aromatic rings. The molecule has 2 fully saturated rings. The Labute approximate surface area is 115 Å². The van der Waals surface area contributed by atoms with Crippen LogP contribution in [0.25, 0.3) is 0 Å². The van der Waals surface area contributed by atoms with E-state index >= 15 is 0 Å². The van der Waals surface area contributed by atoms with Crippen molar-refractivity contribution in [3.05, 3.63) is 23.9 Å². The lowest BCUT2D eigenvalue weighted by molar-refractivity contribution is -0.0688. The van der Waals surface area contributed by atoms with Crippen LogP contribution in [0.4, 0.5) is 0 Å². The Hall–Kier alpha value is -0.840. The highest BCUT2D eigenvalue weighted by Gasteiger charge is 2.30. The molecule has 3 rings (SSSR count). The normalized spacial score (nSPS) is 38.7. The molecule has 2 saturated heterocycles. The molecule has 4 nitrogen and oxygen atoms in total. The minimum absolute atomic E-state index is 0.371. The highest BCUT2D eigenvalue weighted by atomic mass is 16.5. The molecule has 0 aromatic heterocycles. The fraction of sp³-hybridized carbons (Fsp3) is 0.733. The lowest BCUT2D eigenvalue weighted by Gasteiger charge is -2.36.